The summed E-state index contributed by atoms with van der Waals surface area (Å²) in [4.78, 5) is 23.1. The molecule has 0 atom stereocenters. The van der Waals surface area contributed by atoms with Crippen LogP contribution in [0.4, 0.5) is 0 Å². The first-order valence-corrected chi connectivity index (χ1v) is 20.9. The van der Waals surface area contributed by atoms with Crippen molar-refractivity contribution in [1.82, 2.24) is 0 Å². The van der Waals surface area contributed by atoms with Crippen LogP contribution >= 0.6 is 0 Å². The zero-order chi connectivity index (χ0) is 20.8. The van der Waals surface area contributed by atoms with Crippen molar-refractivity contribution in [3.63, 3.8) is 0 Å². The van der Waals surface area contributed by atoms with Crippen LogP contribution in [0.3, 0.4) is 0 Å². The van der Waals surface area contributed by atoms with Crippen molar-refractivity contribution in [3.05, 3.63) is 0 Å². The number of hydrogen-bond acceptors (Lipinski definition) is 5. The number of unbranched alkanes of at least 4 members (excludes halogenated alkanes) is 3. The Labute approximate surface area is 181 Å². The minimum atomic E-state index is -2.79. The molecule has 0 aromatic rings. The topological polar surface area (TPSA) is 61.8 Å². The van der Waals surface area contributed by atoms with Crippen molar-refractivity contribution < 1.29 is 20.5 Å². The van der Waals surface area contributed by atoms with Gasteiger partial charge in [-0.3, -0.25) is 0 Å². The summed E-state index contributed by atoms with van der Waals surface area (Å²) in [6.45, 7) is 11.1. The molecule has 0 saturated carbocycles. The van der Waals surface area contributed by atoms with Gasteiger partial charge in [0.05, 0.1) is 0 Å². The fourth-order valence-corrected chi connectivity index (χ4v) is 30.7. The summed E-state index contributed by atoms with van der Waals surface area (Å²) in [5.74, 6) is -2.00. The number of hydrogen-bond donors (Lipinski definition) is 0. The average molecular weight is 598 g/mol. The van der Waals surface area contributed by atoms with Crippen LogP contribution in [-0.4, -0.2) is 58.1 Å². The van der Waals surface area contributed by atoms with Crippen LogP contribution in [0.2, 0.25) is 17.7 Å². The Morgan fingerprint density at radius 1 is 0.852 bits per heavy atom. The summed E-state index contributed by atoms with van der Waals surface area (Å²) in [5, 5.41) is 0. The van der Waals surface area contributed by atoms with Gasteiger partial charge in [-0.2, -0.15) is 0 Å². The quantitative estimate of drug-likeness (QED) is 0.100. The van der Waals surface area contributed by atoms with Gasteiger partial charge in [0.15, 0.2) is 0 Å². The number of carbonyl (C=O) groups is 2. The summed E-state index contributed by atoms with van der Waals surface area (Å²) in [6, 6.07) is 0. The molecular formula is C20H40O5Sn2. The Morgan fingerprint density at radius 3 is 1.74 bits per heavy atom. The van der Waals surface area contributed by atoms with E-state index in [4.69, 9.17) is 10.9 Å². The molecule has 0 fully saturated rings. The molecule has 0 aliphatic carbocycles. The summed E-state index contributed by atoms with van der Waals surface area (Å²) in [7, 11) is 0. The van der Waals surface area contributed by atoms with Gasteiger partial charge in [-0.05, 0) is 0 Å². The fraction of sp³-hybridized carbons (Fsp3) is 0.900. The van der Waals surface area contributed by atoms with E-state index in [1.807, 2.05) is 0 Å². The van der Waals surface area contributed by atoms with Crippen LogP contribution in [0.5, 0.6) is 0 Å². The van der Waals surface area contributed by atoms with Gasteiger partial charge in [-0.25, -0.2) is 0 Å². The molecule has 0 aliphatic heterocycles. The molecule has 2 radical (unpaired) electrons. The molecule has 0 aromatic heterocycles. The van der Waals surface area contributed by atoms with Crippen LogP contribution in [0.1, 0.15) is 86.5 Å². The van der Waals surface area contributed by atoms with Crippen LogP contribution in [-0.2, 0) is 20.5 Å². The molecule has 0 aromatic carbocycles. The summed E-state index contributed by atoms with van der Waals surface area (Å²) >= 11 is -3.58. The molecule has 0 amide bonds. The standard InChI is InChI=1S/C8H13O4.3C4H9.O.2Sn/c1-5-8(4,11-6(2)9)12-7(3)10;3*1-3-4-2;;;/h1,5H2,2-4H3;3*1,3-4H2,2H3;;;. The Bertz CT molecular complexity index is 405. The first-order valence-electron chi connectivity index (χ1n) is 10.5. The van der Waals surface area contributed by atoms with Gasteiger partial charge in [0, 0.05) is 0 Å². The second-order valence-electron chi connectivity index (χ2n) is 7.56. The van der Waals surface area contributed by atoms with Crippen LogP contribution in [0, 0.1) is 0 Å². The van der Waals surface area contributed by atoms with Gasteiger partial charge in [-0.1, -0.05) is 0 Å². The second kappa shape index (κ2) is 15.4. The van der Waals surface area contributed by atoms with Crippen LogP contribution < -0.4 is 0 Å². The van der Waals surface area contributed by atoms with E-state index in [9.17, 15) is 9.59 Å². The molecule has 0 bridgehead atoms. The molecule has 5 nitrogen and oxygen atoms in total. The van der Waals surface area contributed by atoms with Gasteiger partial charge >= 0.3 is 183 Å². The molecule has 0 heterocycles. The van der Waals surface area contributed by atoms with Gasteiger partial charge in [0.1, 0.15) is 0 Å². The molecule has 0 unspecified atom stereocenters. The van der Waals surface area contributed by atoms with E-state index in [1.54, 1.807) is 6.92 Å². The Hall–Kier alpha value is 0.497. The maximum absolute atomic E-state index is 11.5. The number of rotatable bonds is 16. The third kappa shape index (κ3) is 13.4. The zero-order valence-corrected chi connectivity index (χ0v) is 24.0. The van der Waals surface area contributed by atoms with Crippen LogP contribution in [0.25, 0.3) is 0 Å². The van der Waals surface area contributed by atoms with Crippen molar-refractivity contribution in [2.75, 3.05) is 0 Å². The zero-order valence-electron chi connectivity index (χ0n) is 18.3. The molecule has 0 aliphatic rings. The van der Waals surface area contributed by atoms with Gasteiger partial charge in [-0.15, -0.1) is 0 Å². The van der Waals surface area contributed by atoms with Crippen molar-refractivity contribution in [1.29, 1.82) is 0 Å². The predicted octanol–water partition coefficient (Wildman–Crippen LogP) is 5.62. The SMILES string of the molecule is CCC[CH2][Sn][O][Sn]([CH2]CCC)([CH2]CCC)[CH2]CC(C)(OC(C)=O)OC(C)=O. The predicted molar refractivity (Wildman–Crippen MR) is 113 cm³/mol. The first kappa shape index (κ1) is 27.5. The van der Waals surface area contributed by atoms with Crippen molar-refractivity contribution >= 4 is 52.3 Å². The molecule has 0 rings (SSSR count). The second-order valence-corrected chi connectivity index (χ2v) is 25.3. The van der Waals surface area contributed by atoms with E-state index in [2.05, 4.69) is 20.8 Å². The van der Waals surface area contributed by atoms with Gasteiger partial charge in [0.25, 0.3) is 0 Å². The Balaban J connectivity index is 5.26. The molecular weight excluding hydrogens is 558 g/mol. The van der Waals surface area contributed by atoms with Crippen molar-refractivity contribution in [2.45, 2.75) is 110 Å². The monoisotopic (exact) mass is 600 g/mol. The molecule has 0 spiro atoms. The number of ether oxygens (including phenoxy) is 2. The van der Waals surface area contributed by atoms with Gasteiger partial charge in [0.2, 0.25) is 0 Å². The Kier molecular flexibility index (Phi) is 15.6. The van der Waals surface area contributed by atoms with Crippen molar-refractivity contribution in [3.8, 4) is 0 Å². The minimum absolute atomic E-state index is 0.415. The maximum atomic E-state index is 11.5. The molecule has 27 heavy (non-hydrogen) atoms. The fourth-order valence-electron chi connectivity index (χ4n) is 3.16. The first-order chi connectivity index (χ1) is 12.7. The normalized spacial score (nSPS) is 12.1. The van der Waals surface area contributed by atoms with E-state index in [-0.39, 0.29) is 0 Å². The third-order valence-corrected chi connectivity index (χ3v) is 29.5. The molecule has 0 saturated heterocycles. The average Bonchev–Trinajstić information content (AvgIpc) is 2.58. The summed E-state index contributed by atoms with van der Waals surface area (Å²) < 4.78 is 22.4. The van der Waals surface area contributed by atoms with Crippen LogP contribution in [0.15, 0.2) is 0 Å². The van der Waals surface area contributed by atoms with E-state index < -0.39 is 58.1 Å². The van der Waals surface area contributed by atoms with Gasteiger partial charge < -0.3 is 0 Å². The third-order valence-electron chi connectivity index (χ3n) is 4.65. The van der Waals surface area contributed by atoms with Crippen molar-refractivity contribution in [2.24, 2.45) is 0 Å². The van der Waals surface area contributed by atoms with E-state index >= 15 is 0 Å². The van der Waals surface area contributed by atoms with E-state index in [1.165, 1.54) is 65.7 Å². The molecule has 158 valence electrons. The number of esters is 2. The van der Waals surface area contributed by atoms with E-state index in [0.29, 0.717) is 6.42 Å². The van der Waals surface area contributed by atoms with E-state index in [0.717, 1.165) is 4.44 Å². The summed E-state index contributed by atoms with van der Waals surface area (Å²) in [6.07, 6.45) is 7.85. The molecule has 0 N–H and O–H groups in total. The molecule has 7 heteroatoms. The Morgan fingerprint density at radius 2 is 1.33 bits per heavy atom. The number of carbonyl (C=O) groups excluding carboxylic acids is 2. The summed E-state index contributed by atoms with van der Waals surface area (Å²) in [5.41, 5.74) is 0.